The molecule has 0 aliphatic heterocycles. The van der Waals surface area contributed by atoms with Crippen molar-refractivity contribution in [2.24, 2.45) is 0 Å². The normalized spacial score (nSPS) is 10.8. The minimum absolute atomic E-state index is 0.487. The van der Waals surface area contributed by atoms with Gasteiger partial charge in [-0.05, 0) is 29.3 Å². The van der Waals surface area contributed by atoms with Crippen LogP contribution >= 0.6 is 11.6 Å². The Balaban J connectivity index is 1.94. The number of hydrogen-bond donors (Lipinski definition) is 1. The van der Waals surface area contributed by atoms with Crippen LogP contribution in [0.5, 0.6) is 5.75 Å². The van der Waals surface area contributed by atoms with E-state index in [-0.39, 0.29) is 0 Å². The van der Waals surface area contributed by atoms with Crippen LogP contribution in [0.15, 0.2) is 48.5 Å². The van der Waals surface area contributed by atoms with Crippen molar-refractivity contribution in [2.75, 3.05) is 0 Å². The summed E-state index contributed by atoms with van der Waals surface area (Å²) >= 11 is 5.93. The summed E-state index contributed by atoms with van der Waals surface area (Å²) in [6, 6.07) is 16.4. The summed E-state index contributed by atoms with van der Waals surface area (Å²) in [4.78, 5) is 0. The molecule has 0 heterocycles. The summed E-state index contributed by atoms with van der Waals surface area (Å²) < 4.78 is 5.75. The molecule has 0 aromatic heterocycles. The molecule has 2 aromatic carbocycles. The molecule has 2 nitrogen and oxygen atoms in total. The van der Waals surface area contributed by atoms with Gasteiger partial charge in [0.1, 0.15) is 12.4 Å². The average Bonchev–Trinajstić information content (AvgIpc) is 2.43. The molecule has 0 amide bonds. The Hall–Kier alpha value is -1.51. The van der Waals surface area contributed by atoms with Crippen LogP contribution in [0.3, 0.4) is 0 Å². The Kier molecular flexibility index (Phi) is 5.45. The molecular weight excluding hydrogens is 270 g/mol. The average molecular weight is 290 g/mol. The molecule has 0 saturated heterocycles. The standard InChI is InChI=1S/C17H20ClNO/c1-13(2)19-11-14-5-3-6-15(9-14)12-20-17-8-4-7-16(18)10-17/h3-10,13,19H,11-12H2,1-2H3. The van der Waals surface area contributed by atoms with Crippen molar-refractivity contribution in [1.82, 2.24) is 5.32 Å². The van der Waals surface area contributed by atoms with E-state index in [0.29, 0.717) is 17.7 Å². The lowest BCUT2D eigenvalue weighted by Gasteiger charge is -2.10. The van der Waals surface area contributed by atoms with Crippen molar-refractivity contribution in [2.45, 2.75) is 33.0 Å². The lowest BCUT2D eigenvalue weighted by molar-refractivity contribution is 0.306. The number of halogens is 1. The zero-order valence-corrected chi connectivity index (χ0v) is 12.7. The molecule has 0 unspecified atom stereocenters. The van der Waals surface area contributed by atoms with E-state index in [1.54, 1.807) is 0 Å². The van der Waals surface area contributed by atoms with E-state index < -0.39 is 0 Å². The van der Waals surface area contributed by atoms with Crippen molar-refractivity contribution in [1.29, 1.82) is 0 Å². The Morgan fingerprint density at radius 2 is 1.80 bits per heavy atom. The van der Waals surface area contributed by atoms with Crippen LogP contribution < -0.4 is 10.1 Å². The third-order valence-corrected chi connectivity index (χ3v) is 3.14. The zero-order chi connectivity index (χ0) is 14.4. The highest BCUT2D eigenvalue weighted by Gasteiger charge is 2.00. The van der Waals surface area contributed by atoms with E-state index in [2.05, 4.69) is 43.4 Å². The largest absolute Gasteiger partial charge is 0.489 e. The fourth-order valence-corrected chi connectivity index (χ4v) is 2.06. The van der Waals surface area contributed by atoms with Crippen molar-refractivity contribution >= 4 is 11.6 Å². The summed E-state index contributed by atoms with van der Waals surface area (Å²) in [6.07, 6.45) is 0. The van der Waals surface area contributed by atoms with Gasteiger partial charge in [-0.2, -0.15) is 0 Å². The second kappa shape index (κ2) is 7.32. The third kappa shape index (κ3) is 4.87. The summed E-state index contributed by atoms with van der Waals surface area (Å²) in [5, 5.41) is 4.10. The Morgan fingerprint density at radius 1 is 1.05 bits per heavy atom. The topological polar surface area (TPSA) is 21.3 Å². The third-order valence-electron chi connectivity index (χ3n) is 2.91. The second-order valence-corrected chi connectivity index (χ2v) is 5.54. The van der Waals surface area contributed by atoms with Gasteiger partial charge in [0, 0.05) is 17.6 Å². The van der Waals surface area contributed by atoms with E-state index in [1.807, 2.05) is 24.3 Å². The fraction of sp³-hybridized carbons (Fsp3) is 0.294. The molecule has 0 bridgehead atoms. The molecule has 0 fully saturated rings. The van der Waals surface area contributed by atoms with Crippen LogP contribution in [-0.4, -0.2) is 6.04 Å². The van der Waals surface area contributed by atoms with Gasteiger partial charge in [0.25, 0.3) is 0 Å². The first-order valence-electron chi connectivity index (χ1n) is 6.83. The highest BCUT2D eigenvalue weighted by molar-refractivity contribution is 6.30. The molecule has 106 valence electrons. The van der Waals surface area contributed by atoms with Crippen molar-refractivity contribution < 1.29 is 4.74 Å². The van der Waals surface area contributed by atoms with Crippen LogP contribution in [0, 0.1) is 0 Å². The van der Waals surface area contributed by atoms with Gasteiger partial charge in [-0.1, -0.05) is 55.8 Å². The van der Waals surface area contributed by atoms with E-state index in [4.69, 9.17) is 16.3 Å². The molecule has 0 aliphatic carbocycles. The summed E-state index contributed by atoms with van der Waals surface area (Å²) in [5.41, 5.74) is 2.43. The summed E-state index contributed by atoms with van der Waals surface area (Å²) in [6.45, 7) is 5.72. The van der Waals surface area contributed by atoms with Crippen LogP contribution in [0.25, 0.3) is 0 Å². The Labute approximate surface area is 125 Å². The molecule has 0 saturated carbocycles. The van der Waals surface area contributed by atoms with Gasteiger partial charge in [0.15, 0.2) is 0 Å². The van der Waals surface area contributed by atoms with Gasteiger partial charge in [-0.25, -0.2) is 0 Å². The lowest BCUT2D eigenvalue weighted by Crippen LogP contribution is -2.21. The van der Waals surface area contributed by atoms with E-state index >= 15 is 0 Å². The molecule has 0 radical (unpaired) electrons. The predicted molar refractivity (Wildman–Crippen MR) is 84.2 cm³/mol. The molecular formula is C17H20ClNO. The van der Waals surface area contributed by atoms with Gasteiger partial charge in [0.2, 0.25) is 0 Å². The number of rotatable bonds is 6. The Bertz CT molecular complexity index is 554. The summed E-state index contributed by atoms with van der Waals surface area (Å²) in [7, 11) is 0. The fourth-order valence-electron chi connectivity index (χ4n) is 1.87. The van der Waals surface area contributed by atoms with Gasteiger partial charge in [0.05, 0.1) is 0 Å². The van der Waals surface area contributed by atoms with E-state index in [0.717, 1.165) is 17.9 Å². The van der Waals surface area contributed by atoms with Crippen LogP contribution in [-0.2, 0) is 13.2 Å². The Morgan fingerprint density at radius 3 is 2.55 bits per heavy atom. The molecule has 2 aromatic rings. The minimum Gasteiger partial charge on any atom is -0.489 e. The van der Waals surface area contributed by atoms with Crippen molar-refractivity contribution in [3.8, 4) is 5.75 Å². The lowest BCUT2D eigenvalue weighted by atomic mass is 10.1. The predicted octanol–water partition coefficient (Wildman–Crippen LogP) is 4.42. The zero-order valence-electron chi connectivity index (χ0n) is 11.9. The molecule has 2 rings (SSSR count). The highest BCUT2D eigenvalue weighted by atomic mass is 35.5. The summed E-state index contributed by atoms with van der Waals surface area (Å²) in [5.74, 6) is 0.795. The molecule has 3 heteroatoms. The monoisotopic (exact) mass is 289 g/mol. The van der Waals surface area contributed by atoms with E-state index in [9.17, 15) is 0 Å². The maximum absolute atomic E-state index is 5.93. The molecule has 20 heavy (non-hydrogen) atoms. The number of hydrogen-bond acceptors (Lipinski definition) is 2. The second-order valence-electron chi connectivity index (χ2n) is 5.10. The quantitative estimate of drug-likeness (QED) is 0.850. The van der Waals surface area contributed by atoms with Crippen molar-refractivity contribution in [3.05, 3.63) is 64.7 Å². The highest BCUT2D eigenvalue weighted by Crippen LogP contribution is 2.18. The first kappa shape index (κ1) is 14.9. The molecule has 0 aliphatic rings. The van der Waals surface area contributed by atoms with Gasteiger partial charge >= 0.3 is 0 Å². The molecule has 0 spiro atoms. The van der Waals surface area contributed by atoms with Crippen LogP contribution in [0.2, 0.25) is 5.02 Å². The molecule has 0 atom stereocenters. The number of benzene rings is 2. The first-order chi connectivity index (χ1) is 9.63. The SMILES string of the molecule is CC(C)NCc1cccc(COc2cccc(Cl)c2)c1. The van der Waals surface area contributed by atoms with Gasteiger partial charge < -0.3 is 10.1 Å². The van der Waals surface area contributed by atoms with Gasteiger partial charge in [-0.3, -0.25) is 0 Å². The smallest absolute Gasteiger partial charge is 0.121 e. The van der Waals surface area contributed by atoms with Gasteiger partial charge in [-0.15, -0.1) is 0 Å². The maximum Gasteiger partial charge on any atom is 0.121 e. The molecule has 1 N–H and O–H groups in total. The van der Waals surface area contributed by atoms with Crippen molar-refractivity contribution in [3.63, 3.8) is 0 Å². The number of nitrogens with one attached hydrogen (secondary N) is 1. The van der Waals surface area contributed by atoms with E-state index in [1.165, 1.54) is 5.56 Å². The minimum atomic E-state index is 0.487. The maximum atomic E-state index is 5.93. The first-order valence-corrected chi connectivity index (χ1v) is 7.21. The van der Waals surface area contributed by atoms with Crippen LogP contribution in [0.4, 0.5) is 0 Å². The number of ether oxygens (including phenoxy) is 1. The van der Waals surface area contributed by atoms with Crippen LogP contribution in [0.1, 0.15) is 25.0 Å².